The van der Waals surface area contributed by atoms with Crippen LogP contribution in [0.2, 0.25) is 0 Å². The molecule has 0 spiro atoms. The highest BCUT2D eigenvalue weighted by atomic mass is 16.6. The standard InChI is InChI=1S/C19H16O5/c20-19(21)18-11-14-5-3-12(9-16(14)24-18)1-2-13-4-6-15-17(10-13)23-8-7-22-15/h3-6,9-11H,1-2,7-8H2,(H,20,21). The SMILES string of the molecule is O=C(O)c1cc2ccc(CCc3ccc4c(c3)OCCO4)cc2o1. The second-order valence-corrected chi connectivity index (χ2v) is 5.77. The van der Waals surface area contributed by atoms with Crippen LogP contribution in [0.1, 0.15) is 21.7 Å². The summed E-state index contributed by atoms with van der Waals surface area (Å²) in [7, 11) is 0. The van der Waals surface area contributed by atoms with Crippen molar-refractivity contribution >= 4 is 16.9 Å². The van der Waals surface area contributed by atoms with Gasteiger partial charge < -0.3 is 19.0 Å². The Morgan fingerprint density at radius 3 is 2.42 bits per heavy atom. The highest BCUT2D eigenvalue weighted by Crippen LogP contribution is 2.31. The molecule has 1 aliphatic heterocycles. The fourth-order valence-electron chi connectivity index (χ4n) is 2.87. The Hall–Kier alpha value is -2.95. The Labute approximate surface area is 138 Å². The predicted molar refractivity (Wildman–Crippen MR) is 88.0 cm³/mol. The van der Waals surface area contributed by atoms with Crippen LogP contribution in [0.3, 0.4) is 0 Å². The highest BCUT2D eigenvalue weighted by Gasteiger charge is 2.13. The van der Waals surface area contributed by atoms with Crippen molar-refractivity contribution in [2.75, 3.05) is 13.2 Å². The second-order valence-electron chi connectivity index (χ2n) is 5.77. The van der Waals surface area contributed by atoms with Crippen LogP contribution in [-0.2, 0) is 12.8 Å². The molecule has 1 aromatic heterocycles. The van der Waals surface area contributed by atoms with Crippen LogP contribution < -0.4 is 9.47 Å². The molecule has 3 aromatic rings. The van der Waals surface area contributed by atoms with Gasteiger partial charge in [0.2, 0.25) is 5.76 Å². The Kier molecular flexibility index (Phi) is 3.61. The molecule has 0 atom stereocenters. The van der Waals surface area contributed by atoms with Crippen molar-refractivity contribution in [3.8, 4) is 11.5 Å². The van der Waals surface area contributed by atoms with Gasteiger partial charge in [-0.3, -0.25) is 0 Å². The summed E-state index contributed by atoms with van der Waals surface area (Å²) < 4.78 is 16.5. The van der Waals surface area contributed by atoms with Gasteiger partial charge in [0.15, 0.2) is 11.5 Å². The molecule has 122 valence electrons. The van der Waals surface area contributed by atoms with E-state index in [1.165, 1.54) is 5.56 Å². The molecule has 0 fully saturated rings. The van der Waals surface area contributed by atoms with Gasteiger partial charge in [-0.15, -0.1) is 0 Å². The Morgan fingerprint density at radius 1 is 0.917 bits per heavy atom. The van der Waals surface area contributed by atoms with Crippen molar-refractivity contribution in [2.45, 2.75) is 12.8 Å². The van der Waals surface area contributed by atoms with Crippen LogP contribution in [0, 0.1) is 0 Å². The van der Waals surface area contributed by atoms with E-state index in [1.54, 1.807) is 6.07 Å². The van der Waals surface area contributed by atoms with E-state index in [0.29, 0.717) is 18.8 Å². The van der Waals surface area contributed by atoms with Crippen LogP contribution in [0.15, 0.2) is 46.9 Å². The first kappa shape index (κ1) is 14.6. The summed E-state index contributed by atoms with van der Waals surface area (Å²) in [6.45, 7) is 1.17. The molecule has 0 bridgehead atoms. The molecule has 24 heavy (non-hydrogen) atoms. The minimum atomic E-state index is -1.05. The smallest absolute Gasteiger partial charge is 0.371 e. The maximum absolute atomic E-state index is 11.0. The average molecular weight is 324 g/mol. The maximum Gasteiger partial charge on any atom is 0.371 e. The van der Waals surface area contributed by atoms with Crippen LogP contribution in [0.5, 0.6) is 11.5 Å². The number of carboxylic acid groups (broad SMARTS) is 1. The Morgan fingerprint density at radius 2 is 1.62 bits per heavy atom. The van der Waals surface area contributed by atoms with Crippen LogP contribution in [-0.4, -0.2) is 24.3 Å². The Balaban J connectivity index is 1.51. The van der Waals surface area contributed by atoms with E-state index in [9.17, 15) is 4.79 Å². The lowest BCUT2D eigenvalue weighted by molar-refractivity contribution is 0.0665. The van der Waals surface area contributed by atoms with E-state index >= 15 is 0 Å². The monoisotopic (exact) mass is 324 g/mol. The van der Waals surface area contributed by atoms with Crippen molar-refractivity contribution in [2.24, 2.45) is 0 Å². The molecule has 0 saturated carbocycles. The van der Waals surface area contributed by atoms with Crippen molar-refractivity contribution in [3.05, 3.63) is 59.4 Å². The molecular weight excluding hydrogens is 308 g/mol. The van der Waals surface area contributed by atoms with Crippen LogP contribution in [0.4, 0.5) is 0 Å². The van der Waals surface area contributed by atoms with E-state index < -0.39 is 5.97 Å². The molecule has 2 aromatic carbocycles. The number of aryl methyl sites for hydroxylation is 2. The number of carboxylic acids is 1. The van der Waals surface area contributed by atoms with Gasteiger partial charge in [0.1, 0.15) is 18.8 Å². The minimum absolute atomic E-state index is 0.0333. The third kappa shape index (κ3) is 2.80. The molecular formula is C19H16O5. The zero-order chi connectivity index (χ0) is 16.5. The van der Waals surface area contributed by atoms with Crippen molar-refractivity contribution < 1.29 is 23.8 Å². The second kappa shape index (κ2) is 5.92. The summed E-state index contributed by atoms with van der Waals surface area (Å²) in [5.41, 5.74) is 2.88. The number of benzene rings is 2. The molecule has 0 radical (unpaired) electrons. The van der Waals surface area contributed by atoms with E-state index in [2.05, 4.69) is 0 Å². The average Bonchev–Trinajstić information content (AvgIpc) is 3.03. The van der Waals surface area contributed by atoms with Gasteiger partial charge in [0.05, 0.1) is 0 Å². The molecule has 0 unspecified atom stereocenters. The van der Waals surface area contributed by atoms with Gasteiger partial charge in [-0.05, 0) is 48.2 Å². The van der Waals surface area contributed by atoms with Crippen molar-refractivity contribution in [1.29, 1.82) is 0 Å². The summed E-state index contributed by atoms with van der Waals surface area (Å²) in [5.74, 6) is 0.507. The lowest BCUT2D eigenvalue weighted by Crippen LogP contribution is -2.15. The summed E-state index contributed by atoms with van der Waals surface area (Å²) in [4.78, 5) is 11.0. The lowest BCUT2D eigenvalue weighted by Gasteiger charge is -2.18. The molecule has 0 saturated heterocycles. The Bertz CT molecular complexity index is 909. The summed E-state index contributed by atoms with van der Waals surface area (Å²) in [6.07, 6.45) is 1.69. The van der Waals surface area contributed by atoms with Gasteiger partial charge in [-0.1, -0.05) is 18.2 Å². The van der Waals surface area contributed by atoms with Gasteiger partial charge in [-0.25, -0.2) is 4.79 Å². The van der Waals surface area contributed by atoms with E-state index in [-0.39, 0.29) is 5.76 Å². The number of fused-ring (bicyclic) bond motifs is 2. The molecule has 1 aliphatic rings. The summed E-state index contributed by atoms with van der Waals surface area (Å²) >= 11 is 0. The number of ether oxygens (including phenoxy) is 2. The predicted octanol–water partition coefficient (Wildman–Crippen LogP) is 3.69. The van der Waals surface area contributed by atoms with Crippen molar-refractivity contribution in [3.63, 3.8) is 0 Å². The zero-order valence-corrected chi connectivity index (χ0v) is 13.0. The van der Waals surface area contributed by atoms with Crippen LogP contribution in [0.25, 0.3) is 11.0 Å². The number of rotatable bonds is 4. The van der Waals surface area contributed by atoms with E-state index in [4.69, 9.17) is 19.0 Å². The molecule has 5 heteroatoms. The zero-order valence-electron chi connectivity index (χ0n) is 13.0. The number of hydrogen-bond donors (Lipinski definition) is 1. The molecule has 0 amide bonds. The topological polar surface area (TPSA) is 68.9 Å². The first-order valence-corrected chi connectivity index (χ1v) is 7.83. The summed E-state index contributed by atoms with van der Waals surface area (Å²) in [6, 6.07) is 13.3. The molecule has 1 N–H and O–H groups in total. The van der Waals surface area contributed by atoms with Gasteiger partial charge in [0, 0.05) is 5.39 Å². The largest absolute Gasteiger partial charge is 0.486 e. The maximum atomic E-state index is 11.0. The fraction of sp³-hybridized carbons (Fsp3) is 0.211. The lowest BCUT2D eigenvalue weighted by atomic mass is 10.0. The summed E-state index contributed by atoms with van der Waals surface area (Å²) in [5, 5.41) is 9.79. The van der Waals surface area contributed by atoms with E-state index in [1.807, 2.05) is 36.4 Å². The molecule has 2 heterocycles. The normalized spacial score (nSPS) is 13.2. The highest BCUT2D eigenvalue weighted by molar-refractivity contribution is 5.91. The molecule has 4 rings (SSSR count). The van der Waals surface area contributed by atoms with Gasteiger partial charge >= 0.3 is 5.97 Å². The molecule has 5 nitrogen and oxygen atoms in total. The fourth-order valence-corrected chi connectivity index (χ4v) is 2.87. The number of hydrogen-bond acceptors (Lipinski definition) is 4. The third-order valence-electron chi connectivity index (χ3n) is 4.10. The van der Waals surface area contributed by atoms with Crippen LogP contribution >= 0.6 is 0 Å². The minimum Gasteiger partial charge on any atom is -0.486 e. The number of aromatic carboxylic acids is 1. The van der Waals surface area contributed by atoms with Gasteiger partial charge in [0.25, 0.3) is 0 Å². The third-order valence-corrected chi connectivity index (χ3v) is 4.10. The van der Waals surface area contributed by atoms with Crippen molar-refractivity contribution in [1.82, 2.24) is 0 Å². The first-order chi connectivity index (χ1) is 11.7. The van der Waals surface area contributed by atoms with E-state index in [0.717, 1.165) is 35.3 Å². The number of carbonyl (C=O) groups is 1. The quantitative estimate of drug-likeness (QED) is 0.792. The molecule has 0 aliphatic carbocycles. The number of furan rings is 1. The first-order valence-electron chi connectivity index (χ1n) is 7.83. The van der Waals surface area contributed by atoms with Gasteiger partial charge in [-0.2, -0.15) is 0 Å².